The molecule has 1 N–H and O–H groups in total. The minimum atomic E-state index is -3.35. The van der Waals surface area contributed by atoms with Gasteiger partial charge >= 0.3 is 0 Å². The summed E-state index contributed by atoms with van der Waals surface area (Å²) in [6.07, 6.45) is 5.13. The summed E-state index contributed by atoms with van der Waals surface area (Å²) in [5.74, 6) is 0.0920. The maximum absolute atomic E-state index is 12.2. The number of hydrogen-bond acceptors (Lipinski definition) is 5. The first kappa shape index (κ1) is 23.7. The second kappa shape index (κ2) is 9.92. The maximum Gasteiger partial charge on any atom is 0.232 e. The van der Waals surface area contributed by atoms with E-state index in [0.717, 1.165) is 67.0 Å². The normalized spacial score (nSPS) is 17.1. The molecule has 1 aliphatic carbocycles. The molecule has 7 nitrogen and oxygen atoms in total. The van der Waals surface area contributed by atoms with Gasteiger partial charge in [-0.15, -0.1) is 0 Å². The summed E-state index contributed by atoms with van der Waals surface area (Å²) >= 11 is 0. The Morgan fingerprint density at radius 2 is 1.80 bits per heavy atom. The summed E-state index contributed by atoms with van der Waals surface area (Å²) in [4.78, 5) is 2.35. The van der Waals surface area contributed by atoms with Crippen LogP contribution in [0.25, 0.3) is 22.2 Å². The average molecular weight is 493 g/mol. The van der Waals surface area contributed by atoms with E-state index in [0.29, 0.717) is 23.7 Å². The number of nitrogens with zero attached hydrogens (tertiary/aromatic N) is 3. The van der Waals surface area contributed by atoms with Crippen molar-refractivity contribution >= 4 is 32.3 Å². The molecule has 2 heterocycles. The SMILES string of the molecule is CCCS(=O)(=O)Nc1ccc(-c2c(C#N)c3ccc(N4CCOCC4)cc3n2C2CCCC2)cc1. The molecule has 2 aliphatic rings. The number of hydrogen-bond donors (Lipinski definition) is 1. The van der Waals surface area contributed by atoms with Crippen LogP contribution in [-0.2, 0) is 14.8 Å². The van der Waals surface area contributed by atoms with Crippen molar-refractivity contribution in [3.63, 3.8) is 0 Å². The van der Waals surface area contributed by atoms with Gasteiger partial charge in [-0.3, -0.25) is 4.72 Å². The molecule has 0 amide bonds. The van der Waals surface area contributed by atoms with Crippen molar-refractivity contribution in [1.29, 1.82) is 5.26 Å². The number of rotatable bonds is 7. The van der Waals surface area contributed by atoms with Gasteiger partial charge < -0.3 is 14.2 Å². The molecule has 1 aliphatic heterocycles. The first-order chi connectivity index (χ1) is 17.0. The Balaban J connectivity index is 1.61. The molecule has 1 saturated carbocycles. The number of anilines is 2. The topological polar surface area (TPSA) is 87.4 Å². The van der Waals surface area contributed by atoms with Crippen LogP contribution < -0.4 is 9.62 Å². The van der Waals surface area contributed by atoms with Crippen molar-refractivity contribution < 1.29 is 13.2 Å². The number of sulfonamides is 1. The third-order valence-corrected chi connectivity index (χ3v) is 8.56. The van der Waals surface area contributed by atoms with Crippen LogP contribution in [-0.4, -0.2) is 45.0 Å². The van der Waals surface area contributed by atoms with E-state index in [9.17, 15) is 13.7 Å². The Kier molecular flexibility index (Phi) is 6.72. The smallest absolute Gasteiger partial charge is 0.232 e. The molecule has 5 rings (SSSR count). The first-order valence-corrected chi connectivity index (χ1v) is 14.2. The minimum Gasteiger partial charge on any atom is -0.378 e. The molecular formula is C27H32N4O3S. The molecule has 3 aromatic rings. The first-order valence-electron chi connectivity index (χ1n) is 12.5. The quantitative estimate of drug-likeness (QED) is 0.485. The van der Waals surface area contributed by atoms with Crippen LogP contribution in [0.15, 0.2) is 42.5 Å². The maximum atomic E-state index is 12.2. The molecule has 184 valence electrons. The standard InChI is InChI=1S/C27H32N4O3S/c1-2-17-35(32,33)29-21-9-7-20(8-10-21)27-25(19-28)24-12-11-23(30-13-15-34-16-14-30)18-26(24)31(27)22-5-3-4-6-22/h7-12,18,22,29H,2-6,13-17H2,1H3. The number of benzene rings is 2. The lowest BCUT2D eigenvalue weighted by Crippen LogP contribution is -2.36. The van der Waals surface area contributed by atoms with E-state index in [1.54, 1.807) is 12.1 Å². The lowest BCUT2D eigenvalue weighted by molar-refractivity contribution is 0.122. The molecule has 8 heteroatoms. The highest BCUT2D eigenvalue weighted by Crippen LogP contribution is 2.42. The van der Waals surface area contributed by atoms with E-state index in [1.165, 1.54) is 12.8 Å². The van der Waals surface area contributed by atoms with Gasteiger partial charge in [0.05, 0.1) is 35.7 Å². The largest absolute Gasteiger partial charge is 0.378 e. The fourth-order valence-electron chi connectivity index (χ4n) is 5.45. The Bertz CT molecular complexity index is 1340. The van der Waals surface area contributed by atoms with E-state index < -0.39 is 10.0 Å². The van der Waals surface area contributed by atoms with Crippen molar-refractivity contribution in [2.24, 2.45) is 0 Å². The Hall–Kier alpha value is -3.02. The van der Waals surface area contributed by atoms with Crippen molar-refractivity contribution in [3.8, 4) is 17.3 Å². The van der Waals surface area contributed by atoms with Crippen LogP contribution in [0.4, 0.5) is 11.4 Å². The lowest BCUT2D eigenvalue weighted by atomic mass is 10.0. The van der Waals surface area contributed by atoms with Gasteiger partial charge in [0.1, 0.15) is 6.07 Å². The van der Waals surface area contributed by atoms with E-state index in [1.807, 2.05) is 19.1 Å². The highest BCUT2D eigenvalue weighted by molar-refractivity contribution is 7.92. The van der Waals surface area contributed by atoms with Crippen LogP contribution in [0, 0.1) is 11.3 Å². The molecule has 0 bridgehead atoms. The highest BCUT2D eigenvalue weighted by atomic mass is 32.2. The number of ether oxygens (including phenoxy) is 1. The molecule has 2 fully saturated rings. The van der Waals surface area contributed by atoms with Crippen LogP contribution in [0.1, 0.15) is 50.6 Å². The predicted octanol–water partition coefficient (Wildman–Crippen LogP) is 5.28. The molecule has 0 spiro atoms. The Morgan fingerprint density at radius 1 is 1.09 bits per heavy atom. The van der Waals surface area contributed by atoms with Gasteiger partial charge in [0.25, 0.3) is 0 Å². The lowest BCUT2D eigenvalue weighted by Gasteiger charge is -2.29. The number of nitrogens with one attached hydrogen (secondary N) is 1. The monoisotopic (exact) mass is 492 g/mol. The molecule has 2 aromatic carbocycles. The van der Waals surface area contributed by atoms with Crippen molar-refractivity contribution in [2.45, 2.75) is 45.1 Å². The van der Waals surface area contributed by atoms with Crippen molar-refractivity contribution in [2.75, 3.05) is 41.7 Å². The van der Waals surface area contributed by atoms with Crippen LogP contribution in [0.5, 0.6) is 0 Å². The molecule has 1 aromatic heterocycles. The average Bonchev–Trinajstić information content (AvgIpc) is 3.50. The van der Waals surface area contributed by atoms with Gasteiger partial charge in [-0.05, 0) is 55.2 Å². The summed E-state index contributed by atoms with van der Waals surface area (Å²) in [6.45, 7) is 5.03. The fraction of sp³-hybridized carbons (Fsp3) is 0.444. The molecular weight excluding hydrogens is 460 g/mol. The van der Waals surface area contributed by atoms with Crippen molar-refractivity contribution in [1.82, 2.24) is 4.57 Å². The van der Waals surface area contributed by atoms with Crippen LogP contribution >= 0.6 is 0 Å². The highest BCUT2D eigenvalue weighted by Gasteiger charge is 2.27. The molecule has 35 heavy (non-hydrogen) atoms. The molecule has 0 unspecified atom stereocenters. The van der Waals surface area contributed by atoms with Gasteiger partial charge in [0.2, 0.25) is 10.0 Å². The fourth-order valence-corrected chi connectivity index (χ4v) is 6.59. The van der Waals surface area contributed by atoms with E-state index >= 15 is 0 Å². The van der Waals surface area contributed by atoms with Crippen molar-refractivity contribution in [3.05, 3.63) is 48.0 Å². The number of fused-ring (bicyclic) bond motifs is 1. The zero-order chi connectivity index (χ0) is 24.4. The summed E-state index contributed by atoms with van der Waals surface area (Å²) in [5, 5.41) is 11.2. The van der Waals surface area contributed by atoms with Gasteiger partial charge in [-0.25, -0.2) is 8.42 Å². The second-order valence-corrected chi connectivity index (χ2v) is 11.3. The second-order valence-electron chi connectivity index (χ2n) is 9.44. The minimum absolute atomic E-state index is 0.0920. The van der Waals surface area contributed by atoms with E-state index in [4.69, 9.17) is 4.74 Å². The zero-order valence-corrected chi connectivity index (χ0v) is 21.0. The number of nitriles is 1. The van der Waals surface area contributed by atoms with Gasteiger partial charge in [0.15, 0.2) is 0 Å². The number of morpholine rings is 1. The number of aromatic nitrogens is 1. The Labute approximate surface area is 207 Å². The zero-order valence-electron chi connectivity index (χ0n) is 20.2. The molecule has 0 atom stereocenters. The third kappa shape index (κ3) is 4.75. The summed E-state index contributed by atoms with van der Waals surface area (Å²) < 4.78 is 34.9. The Morgan fingerprint density at radius 3 is 2.46 bits per heavy atom. The van der Waals surface area contributed by atoms with Crippen LogP contribution in [0.2, 0.25) is 0 Å². The summed E-state index contributed by atoms with van der Waals surface area (Å²) in [5.41, 5.74) is 5.33. The van der Waals surface area contributed by atoms with Gasteiger partial charge in [0, 0.05) is 35.9 Å². The van der Waals surface area contributed by atoms with E-state index in [-0.39, 0.29) is 5.75 Å². The third-order valence-electron chi connectivity index (χ3n) is 7.07. The molecule has 1 saturated heterocycles. The van der Waals surface area contributed by atoms with Crippen LogP contribution in [0.3, 0.4) is 0 Å². The predicted molar refractivity (Wildman–Crippen MR) is 140 cm³/mol. The molecule has 0 radical (unpaired) electrons. The van der Waals surface area contributed by atoms with Gasteiger partial charge in [-0.1, -0.05) is 31.9 Å². The van der Waals surface area contributed by atoms with Gasteiger partial charge in [-0.2, -0.15) is 5.26 Å². The van der Waals surface area contributed by atoms with E-state index in [2.05, 4.69) is 38.5 Å². The summed E-state index contributed by atoms with van der Waals surface area (Å²) in [7, 11) is -3.35. The summed E-state index contributed by atoms with van der Waals surface area (Å²) in [6, 6.07) is 16.7.